The summed E-state index contributed by atoms with van der Waals surface area (Å²) < 4.78 is 10.6. The molecule has 1 aliphatic heterocycles. The van der Waals surface area contributed by atoms with Crippen LogP contribution in [0.4, 0.5) is 0 Å². The Labute approximate surface area is 91.3 Å². The lowest BCUT2D eigenvalue weighted by Gasteiger charge is -2.09. The molecule has 0 saturated carbocycles. The number of hydrogen-bond acceptors (Lipinski definition) is 3. The molecule has 1 atom stereocenters. The highest BCUT2D eigenvalue weighted by Gasteiger charge is 2.16. The lowest BCUT2D eigenvalue weighted by atomic mass is 10.1. The Hall–Kier alpha value is -0.610. The van der Waals surface area contributed by atoms with Gasteiger partial charge in [0.15, 0.2) is 0 Å². The van der Waals surface area contributed by atoms with Gasteiger partial charge in [-0.05, 0) is 26.2 Å². The quantitative estimate of drug-likeness (QED) is 0.647. The van der Waals surface area contributed by atoms with Gasteiger partial charge in [-0.3, -0.25) is 4.79 Å². The lowest BCUT2D eigenvalue weighted by molar-refractivity contribution is -0.121. The second-order valence-corrected chi connectivity index (χ2v) is 3.72. The summed E-state index contributed by atoms with van der Waals surface area (Å²) in [6.45, 7) is 4.71. The molecule has 1 rings (SSSR count). The molecule has 0 aromatic carbocycles. The highest BCUT2D eigenvalue weighted by Crippen LogP contribution is 2.16. The number of carbonyl (C=O) groups excluding carboxylic acids is 1. The van der Waals surface area contributed by atoms with Crippen molar-refractivity contribution in [2.24, 2.45) is 0 Å². The molecular formula is C11H21NO3. The van der Waals surface area contributed by atoms with Crippen molar-refractivity contribution in [2.75, 3.05) is 26.4 Å². The maximum absolute atomic E-state index is 11.3. The van der Waals surface area contributed by atoms with Crippen molar-refractivity contribution < 1.29 is 14.3 Å². The van der Waals surface area contributed by atoms with E-state index in [2.05, 4.69) is 5.32 Å². The van der Waals surface area contributed by atoms with Crippen LogP contribution in [0, 0.1) is 0 Å². The number of hydrogen-bond donors (Lipinski definition) is 1. The Morgan fingerprint density at radius 2 is 2.47 bits per heavy atom. The summed E-state index contributed by atoms with van der Waals surface area (Å²) in [6.07, 6.45) is 3.96. The second-order valence-electron chi connectivity index (χ2n) is 3.72. The van der Waals surface area contributed by atoms with Gasteiger partial charge in [-0.2, -0.15) is 0 Å². The molecular weight excluding hydrogens is 194 g/mol. The molecule has 15 heavy (non-hydrogen) atoms. The summed E-state index contributed by atoms with van der Waals surface area (Å²) in [4.78, 5) is 11.3. The van der Waals surface area contributed by atoms with Crippen LogP contribution in [0.3, 0.4) is 0 Å². The molecule has 1 aliphatic rings. The summed E-state index contributed by atoms with van der Waals surface area (Å²) in [7, 11) is 0. The predicted octanol–water partition coefficient (Wildman–Crippen LogP) is 1.10. The first-order valence-electron chi connectivity index (χ1n) is 5.79. The molecule has 0 radical (unpaired) electrons. The normalized spacial score (nSPS) is 20.5. The first-order valence-corrected chi connectivity index (χ1v) is 5.79. The Morgan fingerprint density at radius 1 is 1.60 bits per heavy atom. The fourth-order valence-corrected chi connectivity index (χ4v) is 1.66. The number of nitrogens with one attached hydrogen (secondary N) is 1. The van der Waals surface area contributed by atoms with Crippen LogP contribution >= 0.6 is 0 Å². The average molecular weight is 215 g/mol. The highest BCUT2D eigenvalue weighted by atomic mass is 16.5. The van der Waals surface area contributed by atoms with Gasteiger partial charge in [-0.1, -0.05) is 0 Å². The zero-order chi connectivity index (χ0) is 10.9. The number of rotatable bonds is 7. The van der Waals surface area contributed by atoms with E-state index in [1.54, 1.807) is 0 Å². The van der Waals surface area contributed by atoms with E-state index in [9.17, 15) is 4.79 Å². The van der Waals surface area contributed by atoms with E-state index in [1.807, 2.05) is 6.92 Å². The maximum Gasteiger partial charge on any atom is 0.220 e. The van der Waals surface area contributed by atoms with Crippen molar-refractivity contribution in [2.45, 2.75) is 38.7 Å². The van der Waals surface area contributed by atoms with E-state index in [0.717, 1.165) is 25.9 Å². The van der Waals surface area contributed by atoms with Gasteiger partial charge in [0.1, 0.15) is 0 Å². The minimum atomic E-state index is 0.102. The van der Waals surface area contributed by atoms with Crippen molar-refractivity contribution >= 4 is 5.91 Å². The summed E-state index contributed by atoms with van der Waals surface area (Å²) in [6, 6.07) is 0. The minimum Gasteiger partial charge on any atom is -0.380 e. The molecule has 1 amide bonds. The highest BCUT2D eigenvalue weighted by molar-refractivity contribution is 5.75. The van der Waals surface area contributed by atoms with Crippen LogP contribution in [0.25, 0.3) is 0 Å². The maximum atomic E-state index is 11.3. The van der Waals surface area contributed by atoms with Gasteiger partial charge in [0.2, 0.25) is 5.91 Å². The SMILES string of the molecule is CCOCCNC(=O)CC[C@H]1CCCO1. The van der Waals surface area contributed by atoms with Crippen LogP contribution < -0.4 is 5.32 Å². The molecule has 0 aliphatic carbocycles. The van der Waals surface area contributed by atoms with Gasteiger partial charge >= 0.3 is 0 Å². The van der Waals surface area contributed by atoms with E-state index < -0.39 is 0 Å². The third-order valence-electron chi connectivity index (χ3n) is 2.49. The van der Waals surface area contributed by atoms with Gasteiger partial charge in [-0.25, -0.2) is 0 Å². The summed E-state index contributed by atoms with van der Waals surface area (Å²) in [5.74, 6) is 0.102. The third kappa shape index (κ3) is 5.74. The topological polar surface area (TPSA) is 47.6 Å². The number of carbonyl (C=O) groups is 1. The van der Waals surface area contributed by atoms with Crippen LogP contribution in [0.1, 0.15) is 32.6 Å². The summed E-state index contributed by atoms with van der Waals surface area (Å²) in [5, 5.41) is 2.82. The van der Waals surface area contributed by atoms with Gasteiger partial charge in [0, 0.05) is 26.2 Å². The van der Waals surface area contributed by atoms with E-state index in [0.29, 0.717) is 32.3 Å². The Morgan fingerprint density at radius 3 is 3.13 bits per heavy atom. The fourth-order valence-electron chi connectivity index (χ4n) is 1.66. The Balaban J connectivity index is 1.93. The van der Waals surface area contributed by atoms with Crippen molar-refractivity contribution in [1.29, 1.82) is 0 Å². The third-order valence-corrected chi connectivity index (χ3v) is 2.49. The number of ether oxygens (including phenoxy) is 2. The van der Waals surface area contributed by atoms with Crippen molar-refractivity contribution in [1.82, 2.24) is 5.32 Å². The molecule has 0 spiro atoms. The van der Waals surface area contributed by atoms with Gasteiger partial charge < -0.3 is 14.8 Å². The molecule has 0 bridgehead atoms. The lowest BCUT2D eigenvalue weighted by Crippen LogP contribution is -2.27. The molecule has 1 heterocycles. The molecule has 0 aromatic heterocycles. The van der Waals surface area contributed by atoms with Crippen molar-refractivity contribution in [3.63, 3.8) is 0 Å². The van der Waals surface area contributed by atoms with Crippen LogP contribution in [0.2, 0.25) is 0 Å². The molecule has 1 saturated heterocycles. The van der Waals surface area contributed by atoms with E-state index in [4.69, 9.17) is 9.47 Å². The Bertz CT molecular complexity index is 179. The van der Waals surface area contributed by atoms with E-state index in [-0.39, 0.29) is 5.91 Å². The van der Waals surface area contributed by atoms with Crippen LogP contribution in [0.15, 0.2) is 0 Å². The smallest absolute Gasteiger partial charge is 0.220 e. The van der Waals surface area contributed by atoms with Crippen LogP contribution in [-0.4, -0.2) is 38.4 Å². The second kappa shape index (κ2) is 7.65. The van der Waals surface area contributed by atoms with E-state index in [1.165, 1.54) is 0 Å². The zero-order valence-corrected chi connectivity index (χ0v) is 9.46. The largest absolute Gasteiger partial charge is 0.380 e. The molecule has 1 fully saturated rings. The zero-order valence-electron chi connectivity index (χ0n) is 9.46. The average Bonchev–Trinajstić information content (AvgIpc) is 2.74. The molecule has 4 nitrogen and oxygen atoms in total. The first kappa shape index (κ1) is 12.5. The Kier molecular flexibility index (Phi) is 6.36. The monoisotopic (exact) mass is 215 g/mol. The first-order chi connectivity index (χ1) is 7.33. The number of amides is 1. The molecule has 4 heteroatoms. The van der Waals surface area contributed by atoms with Crippen molar-refractivity contribution in [3.8, 4) is 0 Å². The van der Waals surface area contributed by atoms with Crippen LogP contribution in [0.5, 0.6) is 0 Å². The summed E-state index contributed by atoms with van der Waals surface area (Å²) in [5.41, 5.74) is 0. The van der Waals surface area contributed by atoms with Gasteiger partial charge in [0.25, 0.3) is 0 Å². The van der Waals surface area contributed by atoms with E-state index >= 15 is 0 Å². The fraction of sp³-hybridized carbons (Fsp3) is 0.909. The molecule has 0 unspecified atom stereocenters. The van der Waals surface area contributed by atoms with Crippen molar-refractivity contribution in [3.05, 3.63) is 0 Å². The predicted molar refractivity (Wildman–Crippen MR) is 57.7 cm³/mol. The molecule has 88 valence electrons. The summed E-state index contributed by atoms with van der Waals surface area (Å²) >= 11 is 0. The van der Waals surface area contributed by atoms with Crippen LogP contribution in [-0.2, 0) is 14.3 Å². The molecule has 1 N–H and O–H groups in total. The van der Waals surface area contributed by atoms with Gasteiger partial charge in [0.05, 0.1) is 12.7 Å². The minimum absolute atomic E-state index is 0.102. The standard InChI is InChI=1S/C11H21NO3/c1-2-14-9-7-12-11(13)6-5-10-4-3-8-15-10/h10H,2-9H2,1H3,(H,12,13)/t10-/m1/s1. The van der Waals surface area contributed by atoms with Gasteiger partial charge in [-0.15, -0.1) is 0 Å². The molecule has 0 aromatic rings.